The van der Waals surface area contributed by atoms with Crippen LogP contribution in [0.4, 0.5) is 0 Å². The first-order valence-corrected chi connectivity index (χ1v) is 10.1. The first-order chi connectivity index (χ1) is 12.0. The molecule has 146 valence electrons. The maximum atomic E-state index is 11.4. The third kappa shape index (κ3) is 3.77. The van der Waals surface area contributed by atoms with Gasteiger partial charge in [0.05, 0.1) is 23.6 Å². The Hall–Kier alpha value is -0.750. The molecule has 1 saturated carbocycles. The lowest BCUT2D eigenvalue weighted by Gasteiger charge is -2.36. The van der Waals surface area contributed by atoms with Gasteiger partial charge in [0.2, 0.25) is 0 Å². The minimum Gasteiger partial charge on any atom is -0.390 e. The number of rotatable bonds is 6. The molecule has 9 nitrogen and oxygen atoms in total. The van der Waals surface area contributed by atoms with Crippen LogP contribution in [0.3, 0.4) is 0 Å². The molecule has 0 aliphatic heterocycles. The van der Waals surface area contributed by atoms with Gasteiger partial charge in [-0.05, 0) is 24.8 Å². The first-order valence-electron chi connectivity index (χ1n) is 7.94. The molecule has 0 bridgehead atoms. The van der Waals surface area contributed by atoms with E-state index in [0.717, 1.165) is 11.0 Å². The van der Waals surface area contributed by atoms with E-state index in [9.17, 15) is 28.3 Å². The van der Waals surface area contributed by atoms with Crippen molar-refractivity contribution in [2.24, 2.45) is 0 Å². The number of hydrogen-bond donors (Lipinski definition) is 4. The molecule has 2 aliphatic carbocycles. The summed E-state index contributed by atoms with van der Waals surface area (Å²) in [5, 5.41) is 34.2. The van der Waals surface area contributed by atoms with E-state index in [4.69, 9.17) is 23.2 Å². The van der Waals surface area contributed by atoms with Gasteiger partial charge in [-0.3, -0.25) is 4.55 Å². The van der Waals surface area contributed by atoms with Gasteiger partial charge < -0.3 is 15.3 Å². The number of aliphatic hydroxyl groups is 3. The highest BCUT2D eigenvalue weighted by atomic mass is 35.5. The molecular formula is C14H19Cl2N3O6S. The van der Waals surface area contributed by atoms with Crippen molar-refractivity contribution < 1.29 is 28.3 Å². The summed E-state index contributed by atoms with van der Waals surface area (Å²) in [7, 11) is -4.62. The average Bonchev–Trinajstić information content (AvgIpc) is 3.10. The van der Waals surface area contributed by atoms with Crippen LogP contribution in [0.15, 0.2) is 22.1 Å². The maximum Gasteiger partial charge on any atom is 0.330 e. The van der Waals surface area contributed by atoms with Crippen LogP contribution in [0.5, 0.6) is 0 Å². The molecule has 26 heavy (non-hydrogen) atoms. The first kappa shape index (κ1) is 20.0. The molecule has 0 spiro atoms. The minimum absolute atomic E-state index is 0.0378. The Labute approximate surface area is 160 Å². The van der Waals surface area contributed by atoms with Crippen molar-refractivity contribution >= 4 is 33.3 Å². The van der Waals surface area contributed by atoms with Crippen molar-refractivity contribution in [3.63, 3.8) is 0 Å². The van der Waals surface area contributed by atoms with Gasteiger partial charge in [-0.1, -0.05) is 11.6 Å². The lowest BCUT2D eigenvalue weighted by atomic mass is 9.83. The Morgan fingerprint density at radius 3 is 2.50 bits per heavy atom. The highest BCUT2D eigenvalue weighted by Gasteiger charge is 2.58. The fraction of sp³-hybridized carbons (Fsp3) is 0.714. The molecule has 3 atom stereocenters. The smallest absolute Gasteiger partial charge is 0.330 e. The predicted molar refractivity (Wildman–Crippen MR) is 91.3 cm³/mol. The second-order valence-corrected chi connectivity index (χ2v) is 9.40. The van der Waals surface area contributed by atoms with Gasteiger partial charge in [0.1, 0.15) is 11.9 Å². The van der Waals surface area contributed by atoms with Crippen molar-refractivity contribution in [3.05, 3.63) is 16.9 Å². The standard InChI is InChI=1S/C14H19Cl2N3O6S/c15-9-4-11(21)10(20)3-8(9)5-14(22,13(16)1-2-13)6-19-12(17-7-18-19)26(23,24)25/h7,10-11,20-22H,1-6H2,(H,23,24,25). The largest absolute Gasteiger partial charge is 0.390 e. The zero-order valence-electron chi connectivity index (χ0n) is 13.6. The Bertz CT molecular complexity index is 837. The summed E-state index contributed by atoms with van der Waals surface area (Å²) in [6, 6.07) is 0. The number of hydrogen-bond acceptors (Lipinski definition) is 7. The molecule has 1 aromatic rings. The van der Waals surface area contributed by atoms with E-state index in [1.165, 1.54) is 0 Å². The van der Waals surface area contributed by atoms with Crippen LogP contribution >= 0.6 is 23.2 Å². The molecule has 4 N–H and O–H groups in total. The molecular weight excluding hydrogens is 409 g/mol. The van der Waals surface area contributed by atoms with Gasteiger partial charge in [-0.2, -0.15) is 13.5 Å². The van der Waals surface area contributed by atoms with Crippen molar-refractivity contribution in [2.45, 2.75) is 66.5 Å². The molecule has 3 unspecified atom stereocenters. The molecule has 1 aromatic heterocycles. The van der Waals surface area contributed by atoms with Gasteiger partial charge in [0.15, 0.2) is 0 Å². The lowest BCUT2D eigenvalue weighted by molar-refractivity contribution is -0.00806. The average molecular weight is 428 g/mol. The Kier molecular flexibility index (Phi) is 5.15. The third-order valence-electron chi connectivity index (χ3n) is 4.92. The van der Waals surface area contributed by atoms with Gasteiger partial charge in [-0.25, -0.2) is 9.67 Å². The van der Waals surface area contributed by atoms with E-state index < -0.39 is 38.0 Å². The van der Waals surface area contributed by atoms with E-state index in [1.54, 1.807) is 0 Å². The van der Waals surface area contributed by atoms with E-state index in [2.05, 4.69) is 10.1 Å². The molecule has 2 aliphatic rings. The van der Waals surface area contributed by atoms with Crippen LogP contribution in [-0.2, 0) is 16.7 Å². The van der Waals surface area contributed by atoms with Crippen LogP contribution in [0.1, 0.15) is 32.1 Å². The molecule has 3 rings (SSSR count). The van der Waals surface area contributed by atoms with Crippen LogP contribution in [0, 0.1) is 0 Å². The van der Waals surface area contributed by atoms with Crippen molar-refractivity contribution in [2.75, 3.05) is 0 Å². The second kappa shape index (κ2) is 6.69. The quantitative estimate of drug-likeness (QED) is 0.377. The highest BCUT2D eigenvalue weighted by molar-refractivity contribution is 7.85. The van der Waals surface area contributed by atoms with Crippen molar-refractivity contribution in [3.8, 4) is 0 Å². The SMILES string of the molecule is O=S(=O)(O)c1ncnn1CC(O)(CC1=C(Cl)CC(O)C(O)C1)C1(Cl)CC1. The molecule has 0 saturated heterocycles. The molecule has 1 heterocycles. The number of halogens is 2. The molecule has 12 heteroatoms. The van der Waals surface area contributed by atoms with Gasteiger partial charge in [0, 0.05) is 17.9 Å². The van der Waals surface area contributed by atoms with Crippen LogP contribution < -0.4 is 0 Å². The van der Waals surface area contributed by atoms with E-state index in [1.807, 2.05) is 0 Å². The maximum absolute atomic E-state index is 11.4. The normalized spacial score (nSPS) is 28.1. The summed E-state index contributed by atoms with van der Waals surface area (Å²) in [6.45, 7) is -0.335. The number of alkyl halides is 1. The summed E-state index contributed by atoms with van der Waals surface area (Å²) < 4.78 is 32.9. The summed E-state index contributed by atoms with van der Waals surface area (Å²) in [6.07, 6.45) is 0.0388. The summed E-state index contributed by atoms with van der Waals surface area (Å²) >= 11 is 12.7. The fourth-order valence-corrected chi connectivity index (χ4v) is 4.31. The second-order valence-electron chi connectivity index (χ2n) is 6.90. The van der Waals surface area contributed by atoms with Gasteiger partial charge >= 0.3 is 10.1 Å². The molecule has 0 radical (unpaired) electrons. The summed E-state index contributed by atoms with van der Waals surface area (Å²) in [5.41, 5.74) is -1.11. The van der Waals surface area contributed by atoms with Crippen LogP contribution in [-0.4, -0.2) is 65.7 Å². The van der Waals surface area contributed by atoms with E-state index in [-0.39, 0.29) is 25.8 Å². The van der Waals surface area contributed by atoms with Gasteiger partial charge in [-0.15, -0.1) is 11.6 Å². The minimum atomic E-state index is -4.62. The zero-order valence-corrected chi connectivity index (χ0v) is 15.9. The Morgan fingerprint density at radius 2 is 1.92 bits per heavy atom. The molecule has 0 amide bonds. The Morgan fingerprint density at radius 1 is 1.31 bits per heavy atom. The number of aromatic nitrogens is 3. The van der Waals surface area contributed by atoms with E-state index >= 15 is 0 Å². The topological polar surface area (TPSA) is 146 Å². The molecule has 0 aromatic carbocycles. The fourth-order valence-electron chi connectivity index (χ4n) is 3.22. The van der Waals surface area contributed by atoms with Gasteiger partial charge in [0.25, 0.3) is 5.16 Å². The zero-order chi connectivity index (χ0) is 19.3. The summed E-state index contributed by atoms with van der Waals surface area (Å²) in [5.74, 6) is 0. The summed E-state index contributed by atoms with van der Waals surface area (Å²) in [4.78, 5) is 2.49. The lowest BCUT2D eigenvalue weighted by Crippen LogP contribution is -2.47. The molecule has 1 fully saturated rings. The van der Waals surface area contributed by atoms with E-state index in [0.29, 0.717) is 23.4 Å². The van der Waals surface area contributed by atoms with Crippen LogP contribution in [0.25, 0.3) is 0 Å². The third-order valence-corrected chi connectivity index (χ3v) is 6.85. The number of aliphatic hydroxyl groups excluding tert-OH is 2. The van der Waals surface area contributed by atoms with Crippen molar-refractivity contribution in [1.29, 1.82) is 0 Å². The number of nitrogens with zero attached hydrogens (tertiary/aromatic N) is 3. The Balaban J connectivity index is 1.92. The monoisotopic (exact) mass is 427 g/mol. The van der Waals surface area contributed by atoms with Crippen LogP contribution in [0.2, 0.25) is 0 Å². The van der Waals surface area contributed by atoms with Crippen molar-refractivity contribution in [1.82, 2.24) is 14.8 Å². The highest BCUT2D eigenvalue weighted by Crippen LogP contribution is 2.54. The predicted octanol–water partition coefficient (Wildman–Crippen LogP) is 0.426.